The van der Waals surface area contributed by atoms with Crippen LogP contribution in [-0.2, 0) is 4.74 Å². The summed E-state index contributed by atoms with van der Waals surface area (Å²) in [5.41, 5.74) is 0.442. The molecule has 1 aliphatic heterocycles. The van der Waals surface area contributed by atoms with Crippen LogP contribution in [0, 0.1) is 5.41 Å². The van der Waals surface area contributed by atoms with Crippen LogP contribution in [-0.4, -0.2) is 50.8 Å². The standard InChI is InChI=1S/C15H32N2O/c1-4-7-10-17(6-3)14-15(13-16-5-2)8-11-18-12-9-15/h16H,4-14H2,1-3H3. The molecule has 0 aliphatic carbocycles. The maximum Gasteiger partial charge on any atom is 0.0472 e. The van der Waals surface area contributed by atoms with Gasteiger partial charge in [-0.05, 0) is 44.3 Å². The second-order valence-electron chi connectivity index (χ2n) is 5.62. The third-order valence-corrected chi connectivity index (χ3v) is 4.14. The van der Waals surface area contributed by atoms with Gasteiger partial charge < -0.3 is 15.0 Å². The van der Waals surface area contributed by atoms with Gasteiger partial charge in [-0.2, -0.15) is 0 Å². The highest BCUT2D eigenvalue weighted by atomic mass is 16.5. The predicted octanol–water partition coefficient (Wildman–Crippen LogP) is 2.51. The number of unbranched alkanes of at least 4 members (excludes halogenated alkanes) is 1. The first-order valence-electron chi connectivity index (χ1n) is 7.77. The highest BCUT2D eigenvalue weighted by Gasteiger charge is 2.33. The molecule has 0 aromatic heterocycles. The van der Waals surface area contributed by atoms with Gasteiger partial charge in [0, 0.05) is 26.3 Å². The Hall–Kier alpha value is -0.120. The minimum Gasteiger partial charge on any atom is -0.381 e. The van der Waals surface area contributed by atoms with E-state index >= 15 is 0 Å². The molecule has 0 amide bonds. The first kappa shape index (κ1) is 15.9. The number of ether oxygens (including phenoxy) is 1. The van der Waals surface area contributed by atoms with Gasteiger partial charge in [0.1, 0.15) is 0 Å². The Morgan fingerprint density at radius 2 is 1.89 bits per heavy atom. The lowest BCUT2D eigenvalue weighted by molar-refractivity contribution is -0.00359. The summed E-state index contributed by atoms with van der Waals surface area (Å²) in [7, 11) is 0. The zero-order chi connectivity index (χ0) is 13.3. The van der Waals surface area contributed by atoms with E-state index in [1.165, 1.54) is 45.3 Å². The molecule has 18 heavy (non-hydrogen) atoms. The molecule has 1 fully saturated rings. The molecule has 0 atom stereocenters. The van der Waals surface area contributed by atoms with Crippen LogP contribution in [0.3, 0.4) is 0 Å². The van der Waals surface area contributed by atoms with E-state index in [4.69, 9.17) is 4.74 Å². The van der Waals surface area contributed by atoms with Gasteiger partial charge in [-0.3, -0.25) is 0 Å². The van der Waals surface area contributed by atoms with Crippen LogP contribution in [0.25, 0.3) is 0 Å². The molecule has 0 spiro atoms. The van der Waals surface area contributed by atoms with Crippen molar-refractivity contribution in [3.63, 3.8) is 0 Å². The van der Waals surface area contributed by atoms with E-state index in [1.807, 2.05) is 0 Å². The smallest absolute Gasteiger partial charge is 0.0472 e. The molecule has 0 radical (unpaired) electrons. The van der Waals surface area contributed by atoms with Crippen molar-refractivity contribution in [3.05, 3.63) is 0 Å². The van der Waals surface area contributed by atoms with E-state index in [0.29, 0.717) is 5.41 Å². The Balaban J connectivity index is 2.52. The molecule has 3 heteroatoms. The Morgan fingerprint density at radius 1 is 1.17 bits per heavy atom. The molecule has 1 saturated heterocycles. The molecule has 0 saturated carbocycles. The maximum absolute atomic E-state index is 5.55. The highest BCUT2D eigenvalue weighted by molar-refractivity contribution is 4.87. The third-order valence-electron chi connectivity index (χ3n) is 4.14. The average molecular weight is 256 g/mol. The van der Waals surface area contributed by atoms with Crippen LogP contribution in [0.15, 0.2) is 0 Å². The maximum atomic E-state index is 5.55. The highest BCUT2D eigenvalue weighted by Crippen LogP contribution is 2.31. The predicted molar refractivity (Wildman–Crippen MR) is 78.1 cm³/mol. The Morgan fingerprint density at radius 3 is 2.44 bits per heavy atom. The zero-order valence-corrected chi connectivity index (χ0v) is 12.6. The molecule has 0 aromatic carbocycles. The van der Waals surface area contributed by atoms with E-state index in [9.17, 15) is 0 Å². The summed E-state index contributed by atoms with van der Waals surface area (Å²) < 4.78 is 5.55. The number of nitrogens with zero attached hydrogens (tertiary/aromatic N) is 1. The molecule has 1 rings (SSSR count). The lowest BCUT2D eigenvalue weighted by Crippen LogP contribution is -2.47. The van der Waals surface area contributed by atoms with Crippen molar-refractivity contribution < 1.29 is 4.74 Å². The molecular formula is C15H32N2O. The van der Waals surface area contributed by atoms with E-state index in [-0.39, 0.29) is 0 Å². The normalized spacial score (nSPS) is 19.3. The zero-order valence-electron chi connectivity index (χ0n) is 12.6. The van der Waals surface area contributed by atoms with E-state index in [1.54, 1.807) is 0 Å². The summed E-state index contributed by atoms with van der Waals surface area (Å²) >= 11 is 0. The van der Waals surface area contributed by atoms with Crippen LogP contribution >= 0.6 is 0 Å². The van der Waals surface area contributed by atoms with Crippen LogP contribution in [0.4, 0.5) is 0 Å². The van der Waals surface area contributed by atoms with Crippen molar-refractivity contribution in [1.82, 2.24) is 10.2 Å². The molecule has 3 nitrogen and oxygen atoms in total. The van der Waals surface area contributed by atoms with Crippen LogP contribution in [0.2, 0.25) is 0 Å². The fourth-order valence-electron chi connectivity index (χ4n) is 2.79. The summed E-state index contributed by atoms with van der Waals surface area (Å²) in [6.07, 6.45) is 5.03. The van der Waals surface area contributed by atoms with Crippen LogP contribution < -0.4 is 5.32 Å². The molecule has 108 valence electrons. The number of rotatable bonds is 9. The summed E-state index contributed by atoms with van der Waals surface area (Å²) in [5.74, 6) is 0. The molecule has 0 aromatic rings. The van der Waals surface area contributed by atoms with E-state index in [2.05, 4.69) is 31.0 Å². The molecule has 0 unspecified atom stereocenters. The van der Waals surface area contributed by atoms with Crippen molar-refractivity contribution in [2.75, 3.05) is 45.9 Å². The van der Waals surface area contributed by atoms with Crippen molar-refractivity contribution in [2.24, 2.45) is 5.41 Å². The molecule has 1 N–H and O–H groups in total. The Bertz CT molecular complexity index is 203. The summed E-state index contributed by atoms with van der Waals surface area (Å²) in [6.45, 7) is 14.5. The quantitative estimate of drug-likeness (QED) is 0.686. The van der Waals surface area contributed by atoms with Crippen molar-refractivity contribution in [2.45, 2.75) is 46.5 Å². The fourth-order valence-corrected chi connectivity index (χ4v) is 2.79. The molecule has 1 heterocycles. The van der Waals surface area contributed by atoms with E-state index < -0.39 is 0 Å². The number of hydrogen-bond acceptors (Lipinski definition) is 3. The molecule has 0 bridgehead atoms. The third kappa shape index (κ3) is 5.25. The fraction of sp³-hybridized carbons (Fsp3) is 1.00. The van der Waals surface area contributed by atoms with Gasteiger partial charge in [-0.15, -0.1) is 0 Å². The first-order chi connectivity index (χ1) is 8.76. The summed E-state index contributed by atoms with van der Waals surface area (Å²) in [6, 6.07) is 0. The number of hydrogen-bond donors (Lipinski definition) is 1. The summed E-state index contributed by atoms with van der Waals surface area (Å²) in [5, 5.41) is 3.56. The van der Waals surface area contributed by atoms with Crippen molar-refractivity contribution in [3.8, 4) is 0 Å². The molecular weight excluding hydrogens is 224 g/mol. The second-order valence-corrected chi connectivity index (χ2v) is 5.62. The van der Waals surface area contributed by atoms with E-state index in [0.717, 1.165) is 26.3 Å². The van der Waals surface area contributed by atoms with Gasteiger partial charge >= 0.3 is 0 Å². The lowest BCUT2D eigenvalue weighted by atomic mass is 9.79. The minimum atomic E-state index is 0.442. The van der Waals surface area contributed by atoms with Gasteiger partial charge in [0.2, 0.25) is 0 Å². The monoisotopic (exact) mass is 256 g/mol. The average Bonchev–Trinajstić information content (AvgIpc) is 2.42. The van der Waals surface area contributed by atoms with Gasteiger partial charge in [-0.1, -0.05) is 27.2 Å². The largest absolute Gasteiger partial charge is 0.381 e. The van der Waals surface area contributed by atoms with Gasteiger partial charge in [0.05, 0.1) is 0 Å². The second kappa shape index (κ2) is 8.89. The van der Waals surface area contributed by atoms with Crippen LogP contribution in [0.1, 0.15) is 46.5 Å². The first-order valence-corrected chi connectivity index (χ1v) is 7.77. The number of nitrogens with one attached hydrogen (secondary N) is 1. The Labute approximate surface area is 113 Å². The lowest BCUT2D eigenvalue weighted by Gasteiger charge is -2.41. The topological polar surface area (TPSA) is 24.5 Å². The SMILES string of the molecule is CCCCN(CC)CC1(CNCC)CCOCC1. The summed E-state index contributed by atoms with van der Waals surface area (Å²) in [4.78, 5) is 2.63. The van der Waals surface area contributed by atoms with Crippen molar-refractivity contribution >= 4 is 0 Å². The minimum absolute atomic E-state index is 0.442. The van der Waals surface area contributed by atoms with Gasteiger partial charge in [0.25, 0.3) is 0 Å². The van der Waals surface area contributed by atoms with Gasteiger partial charge in [0.15, 0.2) is 0 Å². The van der Waals surface area contributed by atoms with Gasteiger partial charge in [-0.25, -0.2) is 0 Å². The Kier molecular flexibility index (Phi) is 7.87. The molecule has 1 aliphatic rings. The van der Waals surface area contributed by atoms with Crippen molar-refractivity contribution in [1.29, 1.82) is 0 Å². The van der Waals surface area contributed by atoms with Crippen LogP contribution in [0.5, 0.6) is 0 Å².